The van der Waals surface area contributed by atoms with Gasteiger partial charge in [0.15, 0.2) is 0 Å². The zero-order valence-electron chi connectivity index (χ0n) is 11.5. The van der Waals surface area contributed by atoms with Crippen molar-refractivity contribution in [1.29, 1.82) is 0 Å². The number of thioether (sulfide) groups is 1. The van der Waals surface area contributed by atoms with E-state index in [0.29, 0.717) is 0 Å². The molecule has 0 aromatic heterocycles. The third kappa shape index (κ3) is 3.48. The van der Waals surface area contributed by atoms with Crippen molar-refractivity contribution in [2.75, 3.05) is 0 Å². The van der Waals surface area contributed by atoms with E-state index in [1.165, 1.54) is 5.41 Å². The molecule has 2 N–H and O–H groups in total. The van der Waals surface area contributed by atoms with Crippen molar-refractivity contribution >= 4 is 40.7 Å². The molecule has 0 saturated heterocycles. The Balaban J connectivity index is 2.20. The molecular formula is C12H13N3O5S. The molecule has 1 unspecified atom stereocenters. The Morgan fingerprint density at radius 3 is 2.71 bits per heavy atom. The fraction of sp³-hybridized carbons (Fsp3) is 0.417. The van der Waals surface area contributed by atoms with Crippen molar-refractivity contribution in [3.8, 4) is 0 Å². The molecule has 0 spiro atoms. The Bertz CT molecular complexity index is 615. The van der Waals surface area contributed by atoms with E-state index in [2.05, 4.69) is 15.3 Å². The maximum atomic E-state index is 11.9. The lowest BCUT2D eigenvalue weighted by Gasteiger charge is -2.20. The Kier molecular flexibility index (Phi) is 3.86. The molecule has 1 atom stereocenters. The highest BCUT2D eigenvalue weighted by molar-refractivity contribution is 8.17. The predicted octanol–water partition coefficient (Wildman–Crippen LogP) is 1.14. The molecule has 0 aromatic rings. The normalized spacial score (nSPS) is 23.1. The number of nitrogens with one attached hydrogen (secondary N) is 1. The van der Waals surface area contributed by atoms with Crippen LogP contribution >= 0.6 is 11.8 Å². The van der Waals surface area contributed by atoms with Crippen LogP contribution in [0, 0.1) is 5.92 Å². The van der Waals surface area contributed by atoms with Crippen LogP contribution in [-0.4, -0.2) is 39.7 Å². The second kappa shape index (κ2) is 5.32. The Morgan fingerprint density at radius 1 is 1.48 bits per heavy atom. The SMILES string of the molecule is CC(C)(C)OC(=O)/N=C1/N=C2SC=C(C(=O)O)C2C(=O)N1. The number of hydrogen-bond donors (Lipinski definition) is 2. The summed E-state index contributed by atoms with van der Waals surface area (Å²) in [5, 5.41) is 12.9. The number of carboxylic acids is 1. The molecule has 21 heavy (non-hydrogen) atoms. The van der Waals surface area contributed by atoms with Gasteiger partial charge in [-0.25, -0.2) is 14.6 Å². The molecule has 0 fully saturated rings. The van der Waals surface area contributed by atoms with Gasteiger partial charge in [0.2, 0.25) is 11.9 Å². The summed E-state index contributed by atoms with van der Waals surface area (Å²) in [5.74, 6) is -2.92. The van der Waals surface area contributed by atoms with Gasteiger partial charge in [-0.05, 0) is 26.2 Å². The van der Waals surface area contributed by atoms with Gasteiger partial charge in [0.25, 0.3) is 0 Å². The van der Waals surface area contributed by atoms with Gasteiger partial charge in [0.05, 0.1) is 10.6 Å². The third-order valence-electron chi connectivity index (χ3n) is 2.42. The number of carbonyl (C=O) groups excluding carboxylic acids is 2. The van der Waals surface area contributed by atoms with Crippen molar-refractivity contribution in [2.24, 2.45) is 15.9 Å². The average molecular weight is 311 g/mol. The maximum absolute atomic E-state index is 11.9. The lowest BCUT2D eigenvalue weighted by molar-refractivity contribution is -0.134. The summed E-state index contributed by atoms with van der Waals surface area (Å²) in [6.45, 7) is 5.05. The minimum Gasteiger partial charge on any atom is -0.478 e. The Morgan fingerprint density at radius 2 is 2.14 bits per heavy atom. The number of fused-ring (bicyclic) bond motifs is 1. The van der Waals surface area contributed by atoms with E-state index in [1.54, 1.807) is 20.8 Å². The van der Waals surface area contributed by atoms with Gasteiger partial charge in [0.1, 0.15) is 11.5 Å². The van der Waals surface area contributed by atoms with Gasteiger partial charge < -0.3 is 9.84 Å². The highest BCUT2D eigenvalue weighted by Crippen LogP contribution is 2.33. The van der Waals surface area contributed by atoms with Crippen molar-refractivity contribution < 1.29 is 24.2 Å². The van der Waals surface area contributed by atoms with Crippen LogP contribution in [0.5, 0.6) is 0 Å². The summed E-state index contributed by atoms with van der Waals surface area (Å²) in [6, 6.07) is 0. The van der Waals surface area contributed by atoms with E-state index in [-0.39, 0.29) is 16.6 Å². The lowest BCUT2D eigenvalue weighted by Crippen LogP contribution is -2.43. The number of guanidine groups is 1. The fourth-order valence-electron chi connectivity index (χ4n) is 1.65. The Labute approximate surface area is 124 Å². The van der Waals surface area contributed by atoms with Crippen LogP contribution in [-0.2, 0) is 14.3 Å². The fourth-order valence-corrected chi connectivity index (χ4v) is 2.64. The van der Waals surface area contributed by atoms with E-state index in [1.807, 2.05) is 0 Å². The first-order chi connectivity index (χ1) is 9.67. The number of aliphatic carboxylic acids is 1. The van der Waals surface area contributed by atoms with Crippen LogP contribution in [0.4, 0.5) is 4.79 Å². The monoisotopic (exact) mass is 311 g/mol. The lowest BCUT2D eigenvalue weighted by atomic mass is 10.0. The van der Waals surface area contributed by atoms with E-state index < -0.39 is 29.5 Å². The van der Waals surface area contributed by atoms with Gasteiger partial charge in [0, 0.05) is 0 Å². The molecule has 8 nitrogen and oxygen atoms in total. The topological polar surface area (TPSA) is 117 Å². The summed E-state index contributed by atoms with van der Waals surface area (Å²) in [5.41, 5.74) is -0.761. The van der Waals surface area contributed by atoms with Crippen molar-refractivity contribution in [3.05, 3.63) is 11.0 Å². The van der Waals surface area contributed by atoms with E-state index in [4.69, 9.17) is 9.84 Å². The number of rotatable bonds is 1. The van der Waals surface area contributed by atoms with Crippen molar-refractivity contribution in [3.63, 3.8) is 0 Å². The summed E-state index contributed by atoms with van der Waals surface area (Å²) < 4.78 is 4.99. The second-order valence-electron chi connectivity index (χ2n) is 5.28. The smallest absolute Gasteiger partial charge is 0.437 e. The van der Waals surface area contributed by atoms with Crippen LogP contribution in [0.1, 0.15) is 20.8 Å². The highest BCUT2D eigenvalue weighted by Gasteiger charge is 2.40. The van der Waals surface area contributed by atoms with E-state index >= 15 is 0 Å². The zero-order valence-corrected chi connectivity index (χ0v) is 12.4. The standard InChI is InChI=1S/C12H13N3O5S/c1-12(2,3)20-11(19)15-10-13-7(16)6-5(9(17)18)4-21-8(6)14-10/h4,6H,1-3H3,(H,17,18)(H,13,15,16,19). The van der Waals surface area contributed by atoms with Gasteiger partial charge in [-0.2, -0.15) is 0 Å². The van der Waals surface area contributed by atoms with E-state index in [9.17, 15) is 14.4 Å². The Hall–Kier alpha value is -2.16. The van der Waals surface area contributed by atoms with Crippen LogP contribution in [0.25, 0.3) is 0 Å². The minimum absolute atomic E-state index is 0.0485. The summed E-state index contributed by atoms with van der Waals surface area (Å²) in [4.78, 5) is 42.0. The minimum atomic E-state index is -1.18. The molecule has 2 amide bonds. The number of nitrogens with zero attached hydrogens (tertiary/aromatic N) is 2. The molecule has 9 heteroatoms. The average Bonchev–Trinajstić information content (AvgIpc) is 2.70. The van der Waals surface area contributed by atoms with Crippen LogP contribution < -0.4 is 5.32 Å². The van der Waals surface area contributed by atoms with Crippen LogP contribution in [0.15, 0.2) is 21.0 Å². The molecule has 2 rings (SSSR count). The maximum Gasteiger partial charge on any atom is 0.437 e. The number of carbonyl (C=O) groups is 3. The molecule has 0 saturated carbocycles. The van der Waals surface area contributed by atoms with Crippen LogP contribution in [0.2, 0.25) is 0 Å². The first kappa shape index (κ1) is 15.2. The second-order valence-corrected chi connectivity index (χ2v) is 6.17. The summed E-state index contributed by atoms with van der Waals surface area (Å²) in [6.07, 6.45) is -0.880. The molecule has 2 heterocycles. The largest absolute Gasteiger partial charge is 0.478 e. The molecule has 112 valence electrons. The number of hydrogen-bond acceptors (Lipinski definition) is 5. The molecule has 2 aliphatic rings. The van der Waals surface area contributed by atoms with Gasteiger partial charge in [-0.3, -0.25) is 10.1 Å². The number of ether oxygens (including phenoxy) is 1. The molecular weight excluding hydrogens is 298 g/mol. The molecule has 2 aliphatic heterocycles. The molecule has 0 aliphatic carbocycles. The summed E-state index contributed by atoms with van der Waals surface area (Å²) >= 11 is 1.02. The van der Waals surface area contributed by atoms with Gasteiger partial charge >= 0.3 is 12.1 Å². The molecule has 0 bridgehead atoms. The zero-order chi connectivity index (χ0) is 15.8. The van der Waals surface area contributed by atoms with E-state index in [0.717, 1.165) is 11.8 Å². The molecule has 0 radical (unpaired) electrons. The van der Waals surface area contributed by atoms with Gasteiger partial charge in [-0.1, -0.05) is 11.8 Å². The van der Waals surface area contributed by atoms with Crippen LogP contribution in [0.3, 0.4) is 0 Å². The predicted molar refractivity (Wildman–Crippen MR) is 76.0 cm³/mol. The number of aliphatic imine (C=N–C) groups is 2. The quantitative estimate of drug-likeness (QED) is 0.749. The van der Waals surface area contributed by atoms with Crippen molar-refractivity contribution in [1.82, 2.24) is 5.32 Å². The first-order valence-corrected chi connectivity index (χ1v) is 6.86. The first-order valence-electron chi connectivity index (χ1n) is 5.98. The highest BCUT2D eigenvalue weighted by atomic mass is 32.2. The molecule has 0 aromatic carbocycles. The number of carboxylic acid groups (broad SMARTS) is 1. The third-order valence-corrected chi connectivity index (χ3v) is 3.36. The summed E-state index contributed by atoms with van der Waals surface area (Å²) in [7, 11) is 0. The van der Waals surface area contributed by atoms with Crippen molar-refractivity contribution in [2.45, 2.75) is 26.4 Å². The number of amides is 2. The van der Waals surface area contributed by atoms with Gasteiger partial charge in [-0.15, -0.1) is 4.99 Å².